The minimum atomic E-state index is -3.37. The van der Waals surface area contributed by atoms with Gasteiger partial charge in [0.2, 0.25) is 10.0 Å². The standard InChI is InChI=1S/C15H24N2O2S2/c1-4-16-11-13-5-7-14(8-6-13)21(18,19)17-9-10-20-15(2,3)12-17/h5-8,16H,4,9-12H2,1-3H3. The zero-order valence-corrected chi connectivity index (χ0v) is 14.6. The lowest BCUT2D eigenvalue weighted by Crippen LogP contribution is -2.46. The van der Waals surface area contributed by atoms with Crippen LogP contribution in [0.2, 0.25) is 0 Å². The number of hydrogen-bond acceptors (Lipinski definition) is 4. The van der Waals surface area contributed by atoms with E-state index >= 15 is 0 Å². The third-order valence-corrected chi connectivity index (χ3v) is 6.69. The molecule has 0 unspecified atom stereocenters. The van der Waals surface area contributed by atoms with Gasteiger partial charge in [0.15, 0.2) is 0 Å². The van der Waals surface area contributed by atoms with E-state index in [9.17, 15) is 8.42 Å². The Labute approximate surface area is 132 Å². The highest BCUT2D eigenvalue weighted by Crippen LogP contribution is 2.32. The summed E-state index contributed by atoms with van der Waals surface area (Å²) < 4.78 is 27.0. The summed E-state index contributed by atoms with van der Waals surface area (Å²) in [6.45, 7) is 9.08. The fourth-order valence-electron chi connectivity index (χ4n) is 2.38. The van der Waals surface area contributed by atoms with Crippen molar-refractivity contribution >= 4 is 21.8 Å². The van der Waals surface area contributed by atoms with Crippen LogP contribution >= 0.6 is 11.8 Å². The molecule has 118 valence electrons. The molecule has 6 heteroatoms. The van der Waals surface area contributed by atoms with Gasteiger partial charge >= 0.3 is 0 Å². The van der Waals surface area contributed by atoms with Gasteiger partial charge in [-0.15, -0.1) is 0 Å². The van der Waals surface area contributed by atoms with Crippen molar-refractivity contribution in [3.63, 3.8) is 0 Å². The Bertz CT molecular complexity index is 568. The third-order valence-electron chi connectivity index (χ3n) is 3.53. The van der Waals surface area contributed by atoms with Crippen LogP contribution in [0, 0.1) is 0 Å². The Hall–Kier alpha value is -0.560. The van der Waals surface area contributed by atoms with Gasteiger partial charge in [0.1, 0.15) is 0 Å². The van der Waals surface area contributed by atoms with Crippen LogP contribution < -0.4 is 5.32 Å². The van der Waals surface area contributed by atoms with E-state index in [-0.39, 0.29) is 4.75 Å². The lowest BCUT2D eigenvalue weighted by molar-refractivity contribution is 0.387. The molecule has 1 heterocycles. The van der Waals surface area contributed by atoms with Crippen molar-refractivity contribution < 1.29 is 8.42 Å². The lowest BCUT2D eigenvalue weighted by atomic mass is 10.2. The van der Waals surface area contributed by atoms with Crippen molar-refractivity contribution in [3.8, 4) is 0 Å². The van der Waals surface area contributed by atoms with Crippen LogP contribution in [0.25, 0.3) is 0 Å². The number of sulfonamides is 1. The van der Waals surface area contributed by atoms with Gasteiger partial charge < -0.3 is 5.32 Å². The molecule has 4 nitrogen and oxygen atoms in total. The molecule has 0 spiro atoms. The fraction of sp³-hybridized carbons (Fsp3) is 0.600. The largest absolute Gasteiger partial charge is 0.313 e. The van der Waals surface area contributed by atoms with Crippen LogP contribution in [-0.4, -0.2) is 42.9 Å². The molecule has 0 radical (unpaired) electrons. The summed E-state index contributed by atoms with van der Waals surface area (Å²) in [6, 6.07) is 7.21. The summed E-state index contributed by atoms with van der Waals surface area (Å²) in [7, 11) is -3.37. The highest BCUT2D eigenvalue weighted by molar-refractivity contribution is 8.00. The first kappa shape index (κ1) is 16.8. The number of nitrogens with zero attached hydrogens (tertiary/aromatic N) is 1. The molecule has 0 bridgehead atoms. The Kier molecular flexibility index (Phi) is 5.35. The molecule has 0 aliphatic carbocycles. The van der Waals surface area contributed by atoms with E-state index in [4.69, 9.17) is 0 Å². The van der Waals surface area contributed by atoms with Gasteiger partial charge in [-0.05, 0) is 38.1 Å². The third kappa shape index (κ3) is 4.22. The first-order chi connectivity index (χ1) is 9.85. The fourth-order valence-corrected chi connectivity index (χ4v) is 5.29. The number of rotatable bonds is 5. The normalized spacial score (nSPS) is 19.6. The summed E-state index contributed by atoms with van der Waals surface area (Å²) in [5.74, 6) is 0.852. The first-order valence-corrected chi connectivity index (χ1v) is 9.71. The van der Waals surface area contributed by atoms with Crippen molar-refractivity contribution in [2.24, 2.45) is 0 Å². The van der Waals surface area contributed by atoms with E-state index < -0.39 is 10.0 Å². The smallest absolute Gasteiger partial charge is 0.243 e. The highest BCUT2D eigenvalue weighted by Gasteiger charge is 2.34. The predicted octanol–water partition coefficient (Wildman–Crippen LogP) is 2.31. The summed E-state index contributed by atoms with van der Waals surface area (Å²) in [5.41, 5.74) is 1.10. The molecular weight excluding hydrogens is 304 g/mol. The summed E-state index contributed by atoms with van der Waals surface area (Å²) in [4.78, 5) is 0.394. The molecule has 2 rings (SSSR count). The minimum absolute atomic E-state index is 0.0176. The minimum Gasteiger partial charge on any atom is -0.313 e. The average molecular weight is 329 g/mol. The number of benzene rings is 1. The molecule has 1 N–H and O–H groups in total. The monoisotopic (exact) mass is 328 g/mol. The highest BCUT2D eigenvalue weighted by atomic mass is 32.2. The van der Waals surface area contributed by atoms with Gasteiger partial charge in [0.25, 0.3) is 0 Å². The second kappa shape index (κ2) is 6.69. The van der Waals surface area contributed by atoms with Crippen LogP contribution in [0.4, 0.5) is 0 Å². The summed E-state index contributed by atoms with van der Waals surface area (Å²) >= 11 is 1.83. The number of nitrogens with one attached hydrogen (secondary N) is 1. The van der Waals surface area contributed by atoms with E-state index in [2.05, 4.69) is 26.1 Å². The molecule has 0 amide bonds. The van der Waals surface area contributed by atoms with Crippen LogP contribution in [0.15, 0.2) is 29.2 Å². The van der Waals surface area contributed by atoms with Gasteiger partial charge in [-0.1, -0.05) is 19.1 Å². The number of hydrogen-bond donors (Lipinski definition) is 1. The van der Waals surface area contributed by atoms with Crippen LogP contribution in [0.3, 0.4) is 0 Å². The summed E-state index contributed by atoms with van der Waals surface area (Å²) in [5, 5.41) is 3.23. The first-order valence-electron chi connectivity index (χ1n) is 7.29. The number of thioether (sulfide) groups is 1. The molecule has 1 aliphatic rings. The van der Waals surface area contributed by atoms with Crippen molar-refractivity contribution in [2.75, 3.05) is 25.4 Å². The molecule has 1 fully saturated rings. The van der Waals surface area contributed by atoms with Crippen molar-refractivity contribution in [1.82, 2.24) is 9.62 Å². The second-order valence-corrected chi connectivity index (χ2v) is 9.61. The van der Waals surface area contributed by atoms with E-state index in [0.717, 1.165) is 24.4 Å². The van der Waals surface area contributed by atoms with E-state index in [1.165, 1.54) is 0 Å². The predicted molar refractivity (Wildman–Crippen MR) is 89.1 cm³/mol. The lowest BCUT2D eigenvalue weighted by Gasteiger charge is -2.36. The topological polar surface area (TPSA) is 49.4 Å². The van der Waals surface area contributed by atoms with E-state index in [0.29, 0.717) is 18.0 Å². The van der Waals surface area contributed by atoms with Gasteiger partial charge in [-0.3, -0.25) is 0 Å². The maximum atomic E-state index is 12.7. The van der Waals surface area contributed by atoms with Crippen molar-refractivity contribution in [2.45, 2.75) is 37.0 Å². The Morgan fingerprint density at radius 3 is 2.52 bits per heavy atom. The maximum absolute atomic E-state index is 12.7. The summed E-state index contributed by atoms with van der Waals surface area (Å²) in [6.07, 6.45) is 0. The molecule has 1 aromatic carbocycles. The van der Waals surface area contributed by atoms with Gasteiger partial charge in [0.05, 0.1) is 4.90 Å². The molecule has 1 saturated heterocycles. The quantitative estimate of drug-likeness (QED) is 0.901. The van der Waals surface area contributed by atoms with Crippen molar-refractivity contribution in [3.05, 3.63) is 29.8 Å². The Morgan fingerprint density at radius 2 is 1.95 bits per heavy atom. The van der Waals surface area contributed by atoms with Gasteiger partial charge in [0, 0.05) is 30.1 Å². The Balaban J connectivity index is 2.15. The van der Waals surface area contributed by atoms with Crippen LogP contribution in [0.5, 0.6) is 0 Å². The van der Waals surface area contributed by atoms with Gasteiger partial charge in [-0.2, -0.15) is 16.1 Å². The van der Waals surface area contributed by atoms with Crippen molar-refractivity contribution in [1.29, 1.82) is 0 Å². The van der Waals surface area contributed by atoms with Gasteiger partial charge in [-0.25, -0.2) is 8.42 Å². The SMILES string of the molecule is CCNCc1ccc(S(=O)(=O)N2CCSC(C)(C)C2)cc1. The maximum Gasteiger partial charge on any atom is 0.243 e. The molecular formula is C15H24N2O2S2. The molecule has 0 saturated carbocycles. The molecule has 21 heavy (non-hydrogen) atoms. The van der Waals surface area contributed by atoms with E-state index in [1.807, 2.05) is 23.9 Å². The molecule has 1 aromatic rings. The molecule has 0 atom stereocenters. The second-order valence-electron chi connectivity index (χ2n) is 5.87. The average Bonchev–Trinajstić information content (AvgIpc) is 2.44. The van der Waals surface area contributed by atoms with Crippen LogP contribution in [-0.2, 0) is 16.6 Å². The molecule has 1 aliphatic heterocycles. The Morgan fingerprint density at radius 1 is 1.29 bits per heavy atom. The molecule has 0 aromatic heterocycles. The zero-order chi connectivity index (χ0) is 15.5. The van der Waals surface area contributed by atoms with Crippen LogP contribution in [0.1, 0.15) is 26.3 Å². The van der Waals surface area contributed by atoms with E-state index in [1.54, 1.807) is 16.4 Å². The zero-order valence-electron chi connectivity index (χ0n) is 12.9.